The summed E-state index contributed by atoms with van der Waals surface area (Å²) in [7, 11) is 0. The highest BCUT2D eigenvalue weighted by atomic mass is 15.3. The van der Waals surface area contributed by atoms with Crippen LogP contribution in [0, 0.1) is 0 Å². The molecule has 1 aromatic heterocycles. The molecule has 0 spiro atoms. The Kier molecular flexibility index (Phi) is 2.71. The monoisotopic (exact) mass is 155 g/mol. The summed E-state index contributed by atoms with van der Waals surface area (Å²) in [6.45, 7) is 3.03. The van der Waals surface area contributed by atoms with Gasteiger partial charge >= 0.3 is 0 Å². The third-order valence-corrected chi connectivity index (χ3v) is 1.32. The van der Waals surface area contributed by atoms with Gasteiger partial charge < -0.3 is 11.1 Å². The van der Waals surface area contributed by atoms with Crippen molar-refractivity contribution >= 4 is 11.9 Å². The van der Waals surface area contributed by atoms with Gasteiger partial charge in [0, 0.05) is 6.54 Å². The molecule has 0 aliphatic rings. The van der Waals surface area contributed by atoms with Crippen molar-refractivity contribution in [2.75, 3.05) is 17.6 Å². The van der Waals surface area contributed by atoms with Crippen molar-refractivity contribution in [3.8, 4) is 0 Å². The minimum Gasteiger partial charge on any atom is -0.368 e. The first kappa shape index (κ1) is 7.84. The first-order chi connectivity index (χ1) is 5.33. The molecule has 0 saturated carbocycles. The van der Waals surface area contributed by atoms with Crippen LogP contribution in [-0.2, 0) is 0 Å². The molecule has 0 fully saturated rings. The Labute approximate surface area is 65.4 Å². The summed E-state index contributed by atoms with van der Waals surface area (Å²) in [5.74, 6) is 0.931. The van der Waals surface area contributed by atoms with E-state index in [1.807, 2.05) is 0 Å². The molecule has 0 amide bonds. The molecule has 0 aromatic carbocycles. The zero-order valence-electron chi connectivity index (χ0n) is 6.59. The van der Waals surface area contributed by atoms with Crippen LogP contribution < -0.4 is 11.1 Å². The molecule has 0 aliphatic heterocycles. The third kappa shape index (κ3) is 2.45. The number of hydrogen-bond acceptors (Lipinski definition) is 4. The van der Waals surface area contributed by atoms with Crippen LogP contribution >= 0.6 is 0 Å². The van der Waals surface area contributed by atoms with E-state index in [-0.39, 0.29) is 0 Å². The number of unbranched alkanes of at least 4 members (excludes halogenated alkanes) is 1. The number of hydrogen-bond donors (Lipinski definition) is 3. The normalized spacial score (nSPS) is 9.91. The number of anilines is 2. The second-order valence-corrected chi connectivity index (χ2v) is 2.32. The highest BCUT2D eigenvalue weighted by molar-refractivity contribution is 5.29. The largest absolute Gasteiger partial charge is 0.368 e. The van der Waals surface area contributed by atoms with Crippen LogP contribution in [0.5, 0.6) is 0 Å². The maximum absolute atomic E-state index is 5.31. The van der Waals surface area contributed by atoms with Gasteiger partial charge in [0.05, 0.1) is 0 Å². The van der Waals surface area contributed by atoms with Gasteiger partial charge in [-0.1, -0.05) is 13.3 Å². The quantitative estimate of drug-likeness (QED) is 0.556. The Bertz CT molecular complexity index is 206. The molecule has 1 heterocycles. The molecule has 0 unspecified atom stereocenters. The smallest absolute Gasteiger partial charge is 0.243 e. The summed E-state index contributed by atoms with van der Waals surface area (Å²) in [5, 5.41) is 9.40. The molecule has 4 N–H and O–H groups in total. The van der Waals surface area contributed by atoms with Crippen molar-refractivity contribution < 1.29 is 0 Å². The zero-order chi connectivity index (χ0) is 8.10. The summed E-state index contributed by atoms with van der Waals surface area (Å²) in [6, 6.07) is 0. The SMILES string of the molecule is CCCCNc1n[nH]c(N)n1. The maximum Gasteiger partial charge on any atom is 0.243 e. The standard InChI is InChI=1S/C6H13N5/c1-2-3-4-8-6-9-5(7)10-11-6/h2-4H2,1H3,(H4,7,8,9,10,11). The Morgan fingerprint density at radius 1 is 1.64 bits per heavy atom. The van der Waals surface area contributed by atoms with Crippen molar-refractivity contribution in [1.82, 2.24) is 15.2 Å². The average molecular weight is 155 g/mol. The van der Waals surface area contributed by atoms with Gasteiger partial charge in [0.25, 0.3) is 0 Å². The van der Waals surface area contributed by atoms with Crippen LogP contribution in [0.3, 0.4) is 0 Å². The fourth-order valence-corrected chi connectivity index (χ4v) is 0.730. The van der Waals surface area contributed by atoms with E-state index in [4.69, 9.17) is 5.73 Å². The van der Waals surface area contributed by atoms with Crippen LogP contribution in [-0.4, -0.2) is 21.7 Å². The van der Waals surface area contributed by atoms with E-state index in [2.05, 4.69) is 27.4 Å². The zero-order valence-corrected chi connectivity index (χ0v) is 6.59. The summed E-state index contributed by atoms with van der Waals surface area (Å²) in [6.07, 6.45) is 2.28. The van der Waals surface area contributed by atoms with E-state index in [0.29, 0.717) is 11.9 Å². The molecule has 62 valence electrons. The molecule has 5 heteroatoms. The van der Waals surface area contributed by atoms with Crippen molar-refractivity contribution in [3.63, 3.8) is 0 Å². The van der Waals surface area contributed by atoms with Gasteiger partial charge in [-0.3, -0.25) is 0 Å². The van der Waals surface area contributed by atoms with Crippen molar-refractivity contribution in [2.24, 2.45) is 0 Å². The summed E-state index contributed by atoms with van der Waals surface area (Å²) in [4.78, 5) is 3.88. The fraction of sp³-hybridized carbons (Fsp3) is 0.667. The van der Waals surface area contributed by atoms with E-state index in [0.717, 1.165) is 19.4 Å². The van der Waals surface area contributed by atoms with Gasteiger partial charge in [-0.05, 0) is 6.42 Å². The summed E-state index contributed by atoms with van der Waals surface area (Å²) >= 11 is 0. The lowest BCUT2D eigenvalue weighted by Crippen LogP contribution is -2.02. The molecule has 0 bridgehead atoms. The second-order valence-electron chi connectivity index (χ2n) is 2.32. The minimum absolute atomic E-state index is 0.351. The number of aromatic nitrogens is 3. The maximum atomic E-state index is 5.31. The Balaban J connectivity index is 2.27. The van der Waals surface area contributed by atoms with E-state index in [9.17, 15) is 0 Å². The van der Waals surface area contributed by atoms with E-state index < -0.39 is 0 Å². The molecule has 0 saturated heterocycles. The highest BCUT2D eigenvalue weighted by Crippen LogP contribution is 1.98. The third-order valence-electron chi connectivity index (χ3n) is 1.32. The van der Waals surface area contributed by atoms with Gasteiger partial charge in [-0.2, -0.15) is 4.98 Å². The number of nitrogen functional groups attached to an aromatic ring is 1. The number of aromatic amines is 1. The number of nitrogens with one attached hydrogen (secondary N) is 2. The minimum atomic E-state index is 0.351. The number of nitrogens with zero attached hydrogens (tertiary/aromatic N) is 2. The predicted molar refractivity (Wildman–Crippen MR) is 44.2 cm³/mol. The lowest BCUT2D eigenvalue weighted by molar-refractivity contribution is 0.827. The second kappa shape index (κ2) is 3.80. The Morgan fingerprint density at radius 3 is 3.00 bits per heavy atom. The van der Waals surface area contributed by atoms with Gasteiger partial charge in [-0.15, -0.1) is 5.10 Å². The summed E-state index contributed by atoms with van der Waals surface area (Å²) < 4.78 is 0. The van der Waals surface area contributed by atoms with Crippen LogP contribution in [0.1, 0.15) is 19.8 Å². The van der Waals surface area contributed by atoms with Crippen molar-refractivity contribution in [2.45, 2.75) is 19.8 Å². The van der Waals surface area contributed by atoms with E-state index >= 15 is 0 Å². The van der Waals surface area contributed by atoms with Gasteiger partial charge in [0.15, 0.2) is 0 Å². The fourth-order valence-electron chi connectivity index (χ4n) is 0.730. The molecule has 5 nitrogen and oxygen atoms in total. The summed E-state index contributed by atoms with van der Waals surface area (Å²) in [5.41, 5.74) is 5.31. The molecule has 0 radical (unpaired) electrons. The van der Waals surface area contributed by atoms with E-state index in [1.54, 1.807) is 0 Å². The van der Waals surface area contributed by atoms with Crippen LogP contribution in [0.25, 0.3) is 0 Å². The molecule has 0 aliphatic carbocycles. The van der Waals surface area contributed by atoms with Crippen LogP contribution in [0.4, 0.5) is 11.9 Å². The lowest BCUT2D eigenvalue weighted by Gasteiger charge is -1.96. The molecule has 0 atom stereocenters. The number of H-pyrrole nitrogens is 1. The van der Waals surface area contributed by atoms with Gasteiger partial charge in [0.2, 0.25) is 11.9 Å². The molecular formula is C6H13N5. The average Bonchev–Trinajstić information content (AvgIpc) is 2.37. The molecular weight excluding hydrogens is 142 g/mol. The number of nitrogens with two attached hydrogens (primary N) is 1. The number of rotatable bonds is 4. The van der Waals surface area contributed by atoms with Crippen LogP contribution in [0.2, 0.25) is 0 Å². The molecule has 1 aromatic rings. The van der Waals surface area contributed by atoms with Gasteiger partial charge in [0.1, 0.15) is 0 Å². The predicted octanol–water partition coefficient (Wildman–Crippen LogP) is 0.599. The molecule has 11 heavy (non-hydrogen) atoms. The van der Waals surface area contributed by atoms with Gasteiger partial charge in [-0.25, -0.2) is 5.10 Å². The highest BCUT2D eigenvalue weighted by Gasteiger charge is 1.95. The lowest BCUT2D eigenvalue weighted by atomic mass is 10.3. The Hall–Kier alpha value is -1.26. The first-order valence-electron chi connectivity index (χ1n) is 3.74. The van der Waals surface area contributed by atoms with Crippen molar-refractivity contribution in [1.29, 1.82) is 0 Å². The van der Waals surface area contributed by atoms with E-state index in [1.165, 1.54) is 0 Å². The topological polar surface area (TPSA) is 79.6 Å². The first-order valence-corrected chi connectivity index (χ1v) is 3.74. The van der Waals surface area contributed by atoms with Crippen LogP contribution in [0.15, 0.2) is 0 Å². The molecule has 1 rings (SSSR count). The van der Waals surface area contributed by atoms with Crippen molar-refractivity contribution in [3.05, 3.63) is 0 Å². The Morgan fingerprint density at radius 2 is 2.45 bits per heavy atom.